The number of rotatable bonds is 1. The number of alkyl halides is 3. The summed E-state index contributed by atoms with van der Waals surface area (Å²) in [4.78, 5) is 13.5. The maximum atomic E-state index is 13.7. The molecule has 7 atom stereocenters. The highest BCUT2D eigenvalue weighted by Gasteiger charge is 2.67. The molecule has 7 heteroatoms. The molecule has 4 aliphatic rings. The zero-order chi connectivity index (χ0) is 22.1. The van der Waals surface area contributed by atoms with Crippen molar-refractivity contribution >= 4 is 5.78 Å². The number of ether oxygens (including phenoxy) is 1. The molecule has 1 N–H and O–H groups in total. The Morgan fingerprint density at radius 3 is 2.57 bits per heavy atom. The van der Waals surface area contributed by atoms with Gasteiger partial charge in [-0.2, -0.15) is 18.4 Å². The molecular weight excluding hydrogens is 395 g/mol. The molecule has 0 spiro atoms. The van der Waals surface area contributed by atoms with Crippen LogP contribution in [-0.2, 0) is 9.53 Å². The van der Waals surface area contributed by atoms with Gasteiger partial charge in [-0.1, -0.05) is 25.0 Å². The molecule has 30 heavy (non-hydrogen) atoms. The average molecular weight is 423 g/mol. The number of nitriles is 1. The lowest BCUT2D eigenvalue weighted by Gasteiger charge is -2.58. The number of carbonyl (C=O) groups excluding carboxylic acids is 1. The number of aliphatic hydroxyl groups is 1. The van der Waals surface area contributed by atoms with Gasteiger partial charge < -0.3 is 9.84 Å². The normalized spacial score (nSPS) is 47.2. The SMILES string of the molecule is CO[C@H]1C[C@@]2(C)C(=C[C@@]1(O)C(F)(F)F)CC[C@@H]1[C@@H]2C(=O)C[C@]2(C)/C(=C\C#N)CC[C@@H]12. The lowest BCUT2D eigenvalue weighted by atomic mass is 9.46. The molecule has 4 rings (SSSR count). The lowest BCUT2D eigenvalue weighted by Crippen LogP contribution is -2.62. The van der Waals surface area contributed by atoms with Crippen molar-refractivity contribution in [3.8, 4) is 6.07 Å². The van der Waals surface area contributed by atoms with Gasteiger partial charge >= 0.3 is 6.18 Å². The van der Waals surface area contributed by atoms with E-state index >= 15 is 0 Å². The Bertz CT molecular complexity index is 872. The smallest absolute Gasteiger partial charge is 0.378 e. The van der Waals surface area contributed by atoms with E-state index in [1.807, 2.05) is 6.92 Å². The number of fused-ring (bicyclic) bond motifs is 5. The minimum absolute atomic E-state index is 0.0391. The molecule has 0 heterocycles. The van der Waals surface area contributed by atoms with Crippen LogP contribution in [0.25, 0.3) is 0 Å². The van der Waals surface area contributed by atoms with Crippen molar-refractivity contribution < 1.29 is 27.8 Å². The molecule has 0 bridgehead atoms. The van der Waals surface area contributed by atoms with Gasteiger partial charge in [-0.05, 0) is 55.4 Å². The highest BCUT2D eigenvalue weighted by Crippen LogP contribution is 2.66. The number of allylic oxidation sites excluding steroid dienone is 3. The van der Waals surface area contributed by atoms with Crippen LogP contribution in [-0.4, -0.2) is 35.9 Å². The summed E-state index contributed by atoms with van der Waals surface area (Å²) in [7, 11) is 1.18. The number of hydrogen-bond acceptors (Lipinski definition) is 4. The number of methoxy groups -OCH3 is 1. The molecule has 0 aromatic heterocycles. The van der Waals surface area contributed by atoms with E-state index < -0.39 is 23.3 Å². The first-order valence-electron chi connectivity index (χ1n) is 10.6. The quantitative estimate of drug-likeness (QED) is 0.498. The van der Waals surface area contributed by atoms with Crippen LogP contribution in [0, 0.1) is 39.9 Å². The first-order chi connectivity index (χ1) is 13.9. The van der Waals surface area contributed by atoms with Crippen LogP contribution in [0.1, 0.15) is 52.4 Å². The zero-order valence-electron chi connectivity index (χ0n) is 17.6. The van der Waals surface area contributed by atoms with Crippen molar-refractivity contribution in [3.05, 3.63) is 23.3 Å². The van der Waals surface area contributed by atoms with Gasteiger partial charge in [0.2, 0.25) is 5.60 Å². The molecule has 3 fully saturated rings. The second-order valence-electron chi connectivity index (χ2n) is 10.0. The molecule has 4 nitrogen and oxygen atoms in total. The summed E-state index contributed by atoms with van der Waals surface area (Å²) in [5.74, 6) is -0.0162. The maximum absolute atomic E-state index is 13.7. The molecule has 0 aliphatic heterocycles. The van der Waals surface area contributed by atoms with E-state index in [9.17, 15) is 23.1 Å². The second-order valence-corrected chi connectivity index (χ2v) is 10.0. The minimum atomic E-state index is -4.85. The molecule has 0 radical (unpaired) electrons. The van der Waals surface area contributed by atoms with Gasteiger partial charge in [0.1, 0.15) is 5.78 Å². The predicted molar refractivity (Wildman–Crippen MR) is 103 cm³/mol. The minimum Gasteiger partial charge on any atom is -0.378 e. The Kier molecular flexibility index (Phi) is 4.80. The van der Waals surface area contributed by atoms with Crippen LogP contribution in [0.4, 0.5) is 13.2 Å². The zero-order valence-corrected chi connectivity index (χ0v) is 17.6. The number of hydrogen-bond donors (Lipinski definition) is 1. The van der Waals surface area contributed by atoms with E-state index in [1.165, 1.54) is 7.11 Å². The fraction of sp³-hybridized carbons (Fsp3) is 0.739. The monoisotopic (exact) mass is 423 g/mol. The summed E-state index contributed by atoms with van der Waals surface area (Å²) in [5.41, 5.74) is -2.58. The third-order valence-corrected chi connectivity index (χ3v) is 8.75. The number of ketones is 1. The van der Waals surface area contributed by atoms with Gasteiger partial charge in [0.05, 0.1) is 12.2 Å². The first kappa shape index (κ1) is 21.6. The van der Waals surface area contributed by atoms with Gasteiger partial charge in [-0.15, -0.1) is 0 Å². The largest absolute Gasteiger partial charge is 0.423 e. The van der Waals surface area contributed by atoms with Crippen molar-refractivity contribution in [1.82, 2.24) is 0 Å². The Morgan fingerprint density at radius 1 is 1.27 bits per heavy atom. The van der Waals surface area contributed by atoms with E-state index in [2.05, 4.69) is 13.0 Å². The Balaban J connectivity index is 1.77. The highest BCUT2D eigenvalue weighted by molar-refractivity contribution is 5.85. The van der Waals surface area contributed by atoms with Crippen LogP contribution >= 0.6 is 0 Å². The predicted octanol–water partition coefficient (Wildman–Crippen LogP) is 4.50. The lowest BCUT2D eigenvalue weighted by molar-refractivity contribution is -0.281. The summed E-state index contributed by atoms with van der Waals surface area (Å²) in [6, 6.07) is 2.11. The van der Waals surface area contributed by atoms with Gasteiger partial charge in [0.15, 0.2) is 0 Å². The van der Waals surface area contributed by atoms with Crippen molar-refractivity contribution in [2.24, 2.45) is 28.6 Å². The number of halogens is 3. The molecule has 0 saturated heterocycles. The fourth-order valence-corrected chi connectivity index (χ4v) is 7.27. The van der Waals surface area contributed by atoms with Crippen LogP contribution < -0.4 is 0 Å². The van der Waals surface area contributed by atoms with E-state index in [-0.39, 0.29) is 35.4 Å². The van der Waals surface area contributed by atoms with Crippen LogP contribution in [0.15, 0.2) is 23.3 Å². The topological polar surface area (TPSA) is 70.3 Å². The molecule has 0 unspecified atom stereocenters. The van der Waals surface area contributed by atoms with Crippen molar-refractivity contribution in [3.63, 3.8) is 0 Å². The maximum Gasteiger partial charge on any atom is 0.423 e. The standard InChI is InChI=1S/C23H28F3NO3/c1-20-11-17(28)19-15(16(20)7-5-13(20)8-9-27)6-4-14-10-22(29,23(24,25)26)18(30-3)12-21(14,19)2/h8,10,15-16,18-19,29H,4-7,11-12H2,1-3H3/b13-8-/t15-,16-,18-,19+,20+,21-,22-/m0/s1. The summed E-state index contributed by atoms with van der Waals surface area (Å²) in [6.07, 6.45) is -0.759. The van der Waals surface area contributed by atoms with E-state index in [1.54, 1.807) is 6.08 Å². The Labute approximate surface area is 174 Å². The van der Waals surface area contributed by atoms with E-state index in [0.717, 1.165) is 24.5 Å². The molecule has 164 valence electrons. The summed E-state index contributed by atoms with van der Waals surface area (Å²) >= 11 is 0. The van der Waals surface area contributed by atoms with Gasteiger partial charge in [-0.25, -0.2) is 0 Å². The van der Waals surface area contributed by atoms with E-state index in [0.29, 0.717) is 24.8 Å². The van der Waals surface area contributed by atoms with Crippen LogP contribution in [0.3, 0.4) is 0 Å². The molecule has 3 saturated carbocycles. The molecule has 0 amide bonds. The molecule has 0 aromatic rings. The summed E-state index contributed by atoms with van der Waals surface area (Å²) < 4.78 is 46.3. The molecular formula is C23H28F3NO3. The summed E-state index contributed by atoms with van der Waals surface area (Å²) in [5, 5.41) is 19.7. The molecule has 4 aliphatic carbocycles. The third kappa shape index (κ3) is 2.69. The van der Waals surface area contributed by atoms with Crippen LogP contribution in [0.2, 0.25) is 0 Å². The second kappa shape index (κ2) is 6.67. The van der Waals surface area contributed by atoms with E-state index in [4.69, 9.17) is 10.00 Å². The van der Waals surface area contributed by atoms with Gasteiger partial charge in [0, 0.05) is 30.9 Å². The van der Waals surface area contributed by atoms with Crippen molar-refractivity contribution in [1.29, 1.82) is 5.26 Å². The van der Waals surface area contributed by atoms with Crippen LogP contribution in [0.5, 0.6) is 0 Å². The van der Waals surface area contributed by atoms with Crippen molar-refractivity contribution in [2.75, 3.05) is 7.11 Å². The Morgan fingerprint density at radius 2 is 1.97 bits per heavy atom. The molecule has 0 aromatic carbocycles. The highest BCUT2D eigenvalue weighted by atomic mass is 19.4. The first-order valence-corrected chi connectivity index (χ1v) is 10.6. The summed E-state index contributed by atoms with van der Waals surface area (Å²) in [6.45, 7) is 3.94. The number of carbonyl (C=O) groups is 1. The third-order valence-electron chi connectivity index (χ3n) is 8.75. The Hall–Kier alpha value is -1.65. The number of nitrogens with zero attached hydrogens (tertiary/aromatic N) is 1. The van der Waals surface area contributed by atoms with Crippen molar-refractivity contribution in [2.45, 2.75) is 70.3 Å². The van der Waals surface area contributed by atoms with Gasteiger partial charge in [-0.3, -0.25) is 4.79 Å². The van der Waals surface area contributed by atoms with Gasteiger partial charge in [0.25, 0.3) is 0 Å². The number of Topliss-reactive ketones (excluding diaryl/α,β-unsaturated/α-hetero) is 1. The fourth-order valence-electron chi connectivity index (χ4n) is 7.27. The average Bonchev–Trinajstić information content (AvgIpc) is 2.97.